The quantitative estimate of drug-likeness (QED) is 0.713. The highest BCUT2D eigenvalue weighted by Gasteiger charge is 2.37. The summed E-state index contributed by atoms with van der Waals surface area (Å²) in [7, 11) is 2.02. The highest BCUT2D eigenvalue weighted by atomic mass is 32.1. The van der Waals surface area contributed by atoms with Gasteiger partial charge in [-0.3, -0.25) is 5.32 Å². The Labute approximate surface area is 135 Å². The van der Waals surface area contributed by atoms with E-state index in [1.54, 1.807) is 0 Å². The van der Waals surface area contributed by atoms with Gasteiger partial charge < -0.3 is 20.1 Å². The molecule has 0 saturated carbocycles. The van der Waals surface area contributed by atoms with Crippen molar-refractivity contribution in [2.75, 3.05) is 32.1 Å². The van der Waals surface area contributed by atoms with Crippen molar-refractivity contribution in [3.63, 3.8) is 0 Å². The van der Waals surface area contributed by atoms with E-state index < -0.39 is 6.10 Å². The lowest BCUT2D eigenvalue weighted by molar-refractivity contribution is 0.0202. The number of aliphatic hydroxyl groups excluding tert-OH is 1. The number of ether oxygens (including phenoxy) is 1. The van der Waals surface area contributed by atoms with Crippen LogP contribution < -0.4 is 10.6 Å². The van der Waals surface area contributed by atoms with Gasteiger partial charge in [-0.2, -0.15) is 0 Å². The van der Waals surface area contributed by atoms with Crippen molar-refractivity contribution >= 4 is 22.4 Å². The maximum absolute atomic E-state index is 11.9. The molecule has 1 aliphatic rings. The van der Waals surface area contributed by atoms with E-state index in [1.165, 1.54) is 11.3 Å². The summed E-state index contributed by atoms with van der Waals surface area (Å²) in [6.45, 7) is 4.15. The zero-order valence-corrected chi connectivity index (χ0v) is 13.9. The number of amides is 2. The topological polar surface area (TPSA) is 73.8 Å². The number of likely N-dealkylation sites (N-methyl/N-ethyl adjacent to an activating group) is 1. The fraction of sp³-hybridized carbons (Fsp3) is 0.667. The lowest BCUT2D eigenvalue weighted by Crippen LogP contribution is -2.47. The molecule has 0 bridgehead atoms. The largest absolute Gasteiger partial charge is 0.388 e. The van der Waals surface area contributed by atoms with Crippen LogP contribution in [0.2, 0.25) is 0 Å². The van der Waals surface area contributed by atoms with Gasteiger partial charge in [-0.1, -0.05) is 13.3 Å². The number of hydrogen-bond acceptors (Lipinski definition) is 5. The van der Waals surface area contributed by atoms with E-state index in [0.717, 1.165) is 24.4 Å². The van der Waals surface area contributed by atoms with Crippen LogP contribution in [0.5, 0.6) is 0 Å². The molecule has 0 aliphatic carbocycles. The van der Waals surface area contributed by atoms with E-state index in [0.29, 0.717) is 13.2 Å². The van der Waals surface area contributed by atoms with Gasteiger partial charge in [-0.05, 0) is 37.5 Å². The minimum Gasteiger partial charge on any atom is -0.388 e. The van der Waals surface area contributed by atoms with Crippen LogP contribution in [0.15, 0.2) is 17.5 Å². The first kappa shape index (κ1) is 17.2. The predicted molar refractivity (Wildman–Crippen MR) is 88.4 cm³/mol. The zero-order chi connectivity index (χ0) is 15.9. The van der Waals surface area contributed by atoms with E-state index in [9.17, 15) is 9.90 Å². The number of rotatable bonds is 7. The fourth-order valence-electron chi connectivity index (χ4n) is 2.46. The molecule has 6 nitrogen and oxygen atoms in total. The second-order valence-electron chi connectivity index (χ2n) is 5.66. The van der Waals surface area contributed by atoms with Crippen molar-refractivity contribution in [1.29, 1.82) is 0 Å². The van der Waals surface area contributed by atoms with Crippen LogP contribution in [0, 0.1) is 0 Å². The summed E-state index contributed by atoms with van der Waals surface area (Å²) in [6.07, 6.45) is 1.34. The van der Waals surface area contributed by atoms with Gasteiger partial charge in [0.1, 0.15) is 6.10 Å². The first-order valence-electron chi connectivity index (χ1n) is 7.69. The third-order valence-corrected chi connectivity index (χ3v) is 4.53. The van der Waals surface area contributed by atoms with Crippen LogP contribution in [0.25, 0.3) is 0 Å². The smallest absolute Gasteiger partial charge is 0.320 e. The Hall–Kier alpha value is -1.15. The van der Waals surface area contributed by atoms with E-state index in [-0.39, 0.29) is 18.2 Å². The van der Waals surface area contributed by atoms with E-state index in [1.807, 2.05) is 24.6 Å². The number of unbranched alkanes of at least 4 members (excludes halogenated alkanes) is 1. The van der Waals surface area contributed by atoms with E-state index in [4.69, 9.17) is 4.74 Å². The average molecular weight is 327 g/mol. The predicted octanol–water partition coefficient (Wildman–Crippen LogP) is 1.73. The number of nitrogens with zero attached hydrogens (tertiary/aromatic N) is 1. The van der Waals surface area contributed by atoms with Crippen LogP contribution in [0.4, 0.5) is 9.80 Å². The van der Waals surface area contributed by atoms with Gasteiger partial charge >= 0.3 is 6.03 Å². The second kappa shape index (κ2) is 8.47. The second-order valence-corrected chi connectivity index (χ2v) is 6.61. The average Bonchev–Trinajstić information content (AvgIpc) is 3.10. The van der Waals surface area contributed by atoms with Gasteiger partial charge in [0.05, 0.1) is 23.8 Å². The van der Waals surface area contributed by atoms with Crippen molar-refractivity contribution in [1.82, 2.24) is 10.2 Å². The fourth-order valence-corrected chi connectivity index (χ4v) is 3.08. The molecule has 0 radical (unpaired) electrons. The Morgan fingerprint density at radius 1 is 1.59 bits per heavy atom. The highest BCUT2D eigenvalue weighted by molar-refractivity contribution is 7.14. The summed E-state index contributed by atoms with van der Waals surface area (Å²) in [5.41, 5.74) is 0. The molecule has 2 rings (SSSR count). The molecule has 124 valence electrons. The molecule has 1 aliphatic heterocycles. The van der Waals surface area contributed by atoms with Crippen LogP contribution in [0.1, 0.15) is 19.8 Å². The van der Waals surface area contributed by atoms with Crippen molar-refractivity contribution in [2.24, 2.45) is 0 Å². The maximum Gasteiger partial charge on any atom is 0.320 e. The molecule has 0 spiro atoms. The summed E-state index contributed by atoms with van der Waals surface area (Å²) < 4.78 is 5.63. The summed E-state index contributed by atoms with van der Waals surface area (Å²) in [6, 6.07) is 3.02. The van der Waals surface area contributed by atoms with E-state index in [2.05, 4.69) is 22.5 Å². The Morgan fingerprint density at radius 2 is 2.41 bits per heavy atom. The number of carbonyl (C=O) groups excluding carboxylic acids is 1. The molecule has 3 atom stereocenters. The number of aliphatic hydroxyl groups is 1. The van der Waals surface area contributed by atoms with Crippen LogP contribution in [0.3, 0.4) is 0 Å². The SMILES string of the molecule is CCCCN(C)CC1OCC(NC(=O)Nc2cccs2)C1O. The maximum atomic E-state index is 11.9. The Kier molecular flexibility index (Phi) is 6.63. The summed E-state index contributed by atoms with van der Waals surface area (Å²) in [4.78, 5) is 14.0. The van der Waals surface area contributed by atoms with Crippen molar-refractivity contribution in [3.8, 4) is 0 Å². The monoisotopic (exact) mass is 327 g/mol. The van der Waals surface area contributed by atoms with Gasteiger partial charge in [-0.15, -0.1) is 11.3 Å². The minimum absolute atomic E-state index is 0.256. The van der Waals surface area contributed by atoms with E-state index >= 15 is 0 Å². The molecular formula is C15H25N3O3S. The molecule has 1 aromatic rings. The Bertz CT molecular complexity index is 455. The Balaban J connectivity index is 1.75. The van der Waals surface area contributed by atoms with Gasteiger partial charge in [0, 0.05) is 6.54 Å². The normalized spacial score (nSPS) is 24.6. The van der Waals surface area contributed by atoms with Crippen LogP contribution >= 0.6 is 11.3 Å². The molecule has 3 unspecified atom stereocenters. The standard InChI is InChI=1S/C15H25N3O3S/c1-3-4-7-18(2)9-12-14(19)11(10-21-12)16-15(20)17-13-6-5-8-22-13/h5-6,8,11-12,14,19H,3-4,7,9-10H2,1-2H3,(H2,16,17,20). The van der Waals surface area contributed by atoms with Crippen molar-refractivity contribution in [3.05, 3.63) is 17.5 Å². The molecule has 3 N–H and O–H groups in total. The van der Waals surface area contributed by atoms with Crippen molar-refractivity contribution in [2.45, 2.75) is 38.0 Å². The van der Waals surface area contributed by atoms with Gasteiger partial charge in [-0.25, -0.2) is 4.79 Å². The van der Waals surface area contributed by atoms with Crippen LogP contribution in [-0.4, -0.2) is 61.0 Å². The number of thiophene rings is 1. The summed E-state index contributed by atoms with van der Waals surface area (Å²) in [5.74, 6) is 0. The van der Waals surface area contributed by atoms with Crippen molar-refractivity contribution < 1.29 is 14.6 Å². The molecule has 0 aromatic carbocycles. The summed E-state index contributed by atoms with van der Waals surface area (Å²) >= 11 is 1.45. The zero-order valence-electron chi connectivity index (χ0n) is 13.1. The molecule has 7 heteroatoms. The number of urea groups is 1. The third kappa shape index (κ3) is 4.95. The molecule has 1 aromatic heterocycles. The molecular weight excluding hydrogens is 302 g/mol. The first-order chi connectivity index (χ1) is 10.6. The molecule has 1 fully saturated rings. The molecule has 2 amide bonds. The van der Waals surface area contributed by atoms with Gasteiger partial charge in [0.25, 0.3) is 0 Å². The number of nitrogens with one attached hydrogen (secondary N) is 2. The lowest BCUT2D eigenvalue weighted by Gasteiger charge is -2.23. The summed E-state index contributed by atoms with van der Waals surface area (Å²) in [5, 5.41) is 18.5. The molecule has 2 heterocycles. The number of carbonyl (C=O) groups is 1. The minimum atomic E-state index is -0.682. The number of hydrogen-bond donors (Lipinski definition) is 3. The Morgan fingerprint density at radius 3 is 3.09 bits per heavy atom. The number of anilines is 1. The lowest BCUT2D eigenvalue weighted by atomic mass is 10.1. The van der Waals surface area contributed by atoms with Crippen LogP contribution in [-0.2, 0) is 4.74 Å². The molecule has 1 saturated heterocycles. The van der Waals surface area contributed by atoms with Gasteiger partial charge in [0.15, 0.2) is 0 Å². The molecule has 22 heavy (non-hydrogen) atoms. The highest BCUT2D eigenvalue weighted by Crippen LogP contribution is 2.17. The third-order valence-electron chi connectivity index (χ3n) is 3.74. The first-order valence-corrected chi connectivity index (χ1v) is 8.57. The van der Waals surface area contributed by atoms with Gasteiger partial charge in [0.2, 0.25) is 0 Å².